The van der Waals surface area contributed by atoms with Crippen molar-refractivity contribution in [1.82, 2.24) is 4.98 Å². The third-order valence-electron chi connectivity index (χ3n) is 3.07. The summed E-state index contributed by atoms with van der Waals surface area (Å²) in [4.78, 5) is 9.15. The molecule has 3 nitrogen and oxygen atoms in total. The Balaban J connectivity index is 2.29. The van der Waals surface area contributed by atoms with Gasteiger partial charge < -0.3 is 5.73 Å². The van der Waals surface area contributed by atoms with E-state index >= 15 is 0 Å². The molecule has 2 aromatic rings. The van der Waals surface area contributed by atoms with Crippen LogP contribution >= 0.6 is 11.3 Å². The molecule has 0 saturated carbocycles. The minimum absolute atomic E-state index is 0.621. The third-order valence-corrected chi connectivity index (χ3v) is 4.03. The lowest BCUT2D eigenvalue weighted by Crippen LogP contribution is -1.88. The number of benzene rings is 1. The van der Waals surface area contributed by atoms with E-state index in [-0.39, 0.29) is 0 Å². The molecule has 2 N–H and O–H groups in total. The van der Waals surface area contributed by atoms with Gasteiger partial charge in [0.25, 0.3) is 0 Å². The summed E-state index contributed by atoms with van der Waals surface area (Å²) in [6, 6.07) is 5.91. The Kier molecular flexibility index (Phi) is 2.34. The van der Waals surface area contributed by atoms with E-state index in [1.165, 1.54) is 11.3 Å². The van der Waals surface area contributed by atoms with Gasteiger partial charge in [-0.1, -0.05) is 29.5 Å². The van der Waals surface area contributed by atoms with Crippen molar-refractivity contribution in [2.45, 2.75) is 19.3 Å². The molecule has 1 aromatic heterocycles. The molecule has 17 heavy (non-hydrogen) atoms. The van der Waals surface area contributed by atoms with E-state index in [9.17, 15) is 0 Å². The second-order valence-corrected chi connectivity index (χ2v) is 5.13. The van der Waals surface area contributed by atoms with Gasteiger partial charge in [0.05, 0.1) is 17.1 Å². The van der Waals surface area contributed by atoms with Crippen molar-refractivity contribution in [2.75, 3.05) is 5.73 Å². The zero-order valence-electron chi connectivity index (χ0n) is 9.23. The summed E-state index contributed by atoms with van der Waals surface area (Å²) in [5, 5.41) is 0.621. The lowest BCUT2D eigenvalue weighted by molar-refractivity contribution is 0.820. The Morgan fingerprint density at radius 3 is 3.06 bits per heavy atom. The number of nitrogens with two attached hydrogens (primary N) is 1. The molecule has 0 unspecified atom stereocenters. The van der Waals surface area contributed by atoms with Crippen molar-refractivity contribution in [1.29, 1.82) is 0 Å². The van der Waals surface area contributed by atoms with E-state index in [4.69, 9.17) is 12.3 Å². The van der Waals surface area contributed by atoms with E-state index < -0.39 is 0 Å². The molecule has 0 fully saturated rings. The fraction of sp³-hybridized carbons (Fsp3) is 0.231. The van der Waals surface area contributed by atoms with Crippen molar-refractivity contribution in [3.63, 3.8) is 0 Å². The van der Waals surface area contributed by atoms with Gasteiger partial charge in [0.15, 0.2) is 10.8 Å². The van der Waals surface area contributed by atoms with Crippen LogP contribution in [0.1, 0.15) is 17.7 Å². The van der Waals surface area contributed by atoms with Crippen molar-refractivity contribution in [2.24, 2.45) is 0 Å². The lowest BCUT2D eigenvalue weighted by atomic mass is 10.0. The predicted octanol–water partition coefficient (Wildman–Crippen LogP) is 3.43. The van der Waals surface area contributed by atoms with Crippen LogP contribution in [0.2, 0.25) is 0 Å². The van der Waals surface area contributed by atoms with Crippen LogP contribution in [0.25, 0.3) is 15.3 Å². The molecule has 1 aliphatic carbocycles. The van der Waals surface area contributed by atoms with Crippen LogP contribution in [0.4, 0.5) is 10.8 Å². The summed E-state index contributed by atoms with van der Waals surface area (Å²) < 4.78 is 0. The van der Waals surface area contributed by atoms with Crippen LogP contribution in [-0.2, 0) is 12.8 Å². The molecule has 1 heterocycles. The van der Waals surface area contributed by atoms with Crippen molar-refractivity contribution in [3.8, 4) is 10.4 Å². The number of nitrogens with zero attached hydrogens (tertiary/aromatic N) is 2. The second kappa shape index (κ2) is 3.86. The van der Waals surface area contributed by atoms with Gasteiger partial charge in [0.1, 0.15) is 0 Å². The molecule has 3 rings (SSSR count). The van der Waals surface area contributed by atoms with Gasteiger partial charge in [0, 0.05) is 0 Å². The first-order valence-electron chi connectivity index (χ1n) is 5.54. The van der Waals surface area contributed by atoms with Crippen LogP contribution in [0, 0.1) is 6.57 Å². The maximum Gasteiger partial charge on any atom is 0.191 e. The quantitative estimate of drug-likeness (QED) is 0.718. The number of hydrogen-bond acceptors (Lipinski definition) is 3. The summed E-state index contributed by atoms with van der Waals surface area (Å²) in [6.07, 6.45) is 2.95. The molecule has 1 aromatic carbocycles. The van der Waals surface area contributed by atoms with Gasteiger partial charge >= 0.3 is 0 Å². The highest BCUT2D eigenvalue weighted by Gasteiger charge is 2.20. The SMILES string of the molecule is [C-]#[N+]c1cccc2c1CCCc1nc(N)sc1-2. The third kappa shape index (κ3) is 1.60. The van der Waals surface area contributed by atoms with Crippen LogP contribution in [0.15, 0.2) is 18.2 Å². The zero-order chi connectivity index (χ0) is 11.8. The highest BCUT2D eigenvalue weighted by atomic mass is 32.1. The summed E-state index contributed by atoms with van der Waals surface area (Å²) in [7, 11) is 0. The van der Waals surface area contributed by atoms with E-state index in [0.29, 0.717) is 5.13 Å². The first-order chi connectivity index (χ1) is 8.29. The molecule has 4 heteroatoms. The van der Waals surface area contributed by atoms with Crippen LogP contribution in [-0.4, -0.2) is 4.98 Å². The Hall–Kier alpha value is -1.86. The molecule has 0 atom stereocenters. The van der Waals surface area contributed by atoms with E-state index in [1.54, 1.807) is 0 Å². The summed E-state index contributed by atoms with van der Waals surface area (Å²) in [6.45, 7) is 7.23. The Labute approximate surface area is 104 Å². The maximum absolute atomic E-state index is 7.23. The standard InChI is InChI=1S/C13H11N3S/c1-15-10-6-3-5-9-8(10)4-2-7-11-12(9)17-13(14)16-11/h3,5-6H,2,4,7H2,(H2,14,16). The number of anilines is 1. The van der Waals surface area contributed by atoms with E-state index in [0.717, 1.165) is 46.6 Å². The largest absolute Gasteiger partial charge is 0.375 e. The number of aromatic nitrogens is 1. The number of fused-ring (bicyclic) bond motifs is 3. The molecule has 84 valence electrons. The van der Waals surface area contributed by atoms with Gasteiger partial charge in [-0.2, -0.15) is 0 Å². The average molecular weight is 241 g/mol. The van der Waals surface area contributed by atoms with Gasteiger partial charge in [-0.25, -0.2) is 9.83 Å². The number of thiazole rings is 1. The summed E-state index contributed by atoms with van der Waals surface area (Å²) in [5.41, 5.74) is 9.95. The normalized spacial score (nSPS) is 13.4. The van der Waals surface area contributed by atoms with Gasteiger partial charge in [0.2, 0.25) is 0 Å². The number of nitrogen functional groups attached to an aromatic ring is 1. The minimum atomic E-state index is 0.621. The maximum atomic E-state index is 7.23. The number of aryl methyl sites for hydroxylation is 1. The molecule has 0 radical (unpaired) electrons. The van der Waals surface area contributed by atoms with Crippen LogP contribution in [0.5, 0.6) is 0 Å². The number of hydrogen-bond donors (Lipinski definition) is 1. The molecule has 0 saturated heterocycles. The predicted molar refractivity (Wildman–Crippen MR) is 70.2 cm³/mol. The Morgan fingerprint density at radius 2 is 2.24 bits per heavy atom. The van der Waals surface area contributed by atoms with E-state index in [2.05, 4.69) is 15.9 Å². The Bertz CT molecular complexity index is 622. The molecule has 0 amide bonds. The van der Waals surface area contributed by atoms with Crippen molar-refractivity contribution < 1.29 is 0 Å². The highest BCUT2D eigenvalue weighted by Crippen LogP contribution is 2.40. The van der Waals surface area contributed by atoms with Crippen molar-refractivity contribution in [3.05, 3.63) is 40.9 Å². The van der Waals surface area contributed by atoms with Crippen molar-refractivity contribution >= 4 is 22.2 Å². The molecular formula is C13H11N3S. The van der Waals surface area contributed by atoms with Gasteiger partial charge in [-0.3, -0.25) is 0 Å². The zero-order valence-corrected chi connectivity index (χ0v) is 10.0. The molecule has 0 aliphatic heterocycles. The van der Waals surface area contributed by atoms with Crippen LogP contribution in [0.3, 0.4) is 0 Å². The lowest BCUT2D eigenvalue weighted by Gasteiger charge is -2.06. The first-order valence-corrected chi connectivity index (χ1v) is 6.36. The number of rotatable bonds is 0. The van der Waals surface area contributed by atoms with Gasteiger partial charge in [-0.15, -0.1) is 0 Å². The fourth-order valence-corrected chi connectivity index (χ4v) is 3.27. The average Bonchev–Trinajstić information content (AvgIpc) is 2.62. The molecular weight excluding hydrogens is 230 g/mol. The minimum Gasteiger partial charge on any atom is -0.375 e. The molecule has 0 bridgehead atoms. The monoisotopic (exact) mass is 241 g/mol. The van der Waals surface area contributed by atoms with Crippen LogP contribution < -0.4 is 5.73 Å². The molecule has 1 aliphatic rings. The van der Waals surface area contributed by atoms with E-state index in [1.807, 2.05) is 12.1 Å². The smallest absolute Gasteiger partial charge is 0.191 e. The highest BCUT2D eigenvalue weighted by molar-refractivity contribution is 7.18. The fourth-order valence-electron chi connectivity index (χ4n) is 2.34. The topological polar surface area (TPSA) is 43.3 Å². The second-order valence-electron chi connectivity index (χ2n) is 4.10. The Morgan fingerprint density at radius 1 is 1.35 bits per heavy atom. The first kappa shape index (κ1) is 10.3. The summed E-state index contributed by atoms with van der Waals surface area (Å²) >= 11 is 1.53. The molecule has 0 spiro atoms. The van der Waals surface area contributed by atoms with Gasteiger partial charge in [-0.05, 0) is 30.4 Å². The summed E-state index contributed by atoms with van der Waals surface area (Å²) in [5.74, 6) is 0.